The molecule has 3 rings (SSSR count). The van der Waals surface area contributed by atoms with Gasteiger partial charge in [0.1, 0.15) is 12.4 Å². The van der Waals surface area contributed by atoms with Crippen molar-refractivity contribution in [3.8, 4) is 0 Å². The van der Waals surface area contributed by atoms with Gasteiger partial charge >= 0.3 is 0 Å². The number of aryl methyl sites for hydroxylation is 1. The first-order valence-corrected chi connectivity index (χ1v) is 9.16. The van der Waals surface area contributed by atoms with E-state index in [2.05, 4.69) is 48.1 Å². The second-order valence-corrected chi connectivity index (χ2v) is 8.52. The Labute approximate surface area is 145 Å². The van der Waals surface area contributed by atoms with E-state index in [1.807, 2.05) is 18.5 Å². The maximum Gasteiger partial charge on any atom is 0.195 e. The third-order valence-electron chi connectivity index (χ3n) is 6.38. The highest BCUT2D eigenvalue weighted by Gasteiger charge is 2.54. The molecule has 2 heterocycles. The van der Waals surface area contributed by atoms with Crippen LogP contribution in [0.2, 0.25) is 0 Å². The van der Waals surface area contributed by atoms with Crippen LogP contribution in [0.25, 0.3) is 0 Å². The van der Waals surface area contributed by atoms with Crippen molar-refractivity contribution in [2.24, 2.45) is 17.5 Å². The molecule has 1 aromatic heterocycles. The molecule has 0 unspecified atom stereocenters. The van der Waals surface area contributed by atoms with Gasteiger partial charge in [-0.25, -0.2) is 4.99 Å². The summed E-state index contributed by atoms with van der Waals surface area (Å²) in [5.41, 5.74) is 0.403. The van der Waals surface area contributed by atoms with E-state index >= 15 is 0 Å². The van der Waals surface area contributed by atoms with Gasteiger partial charge in [0.05, 0.1) is 0 Å². The van der Waals surface area contributed by atoms with Gasteiger partial charge in [-0.2, -0.15) is 0 Å². The minimum Gasteiger partial charge on any atom is -0.353 e. The van der Waals surface area contributed by atoms with E-state index in [1.165, 1.54) is 25.7 Å². The van der Waals surface area contributed by atoms with Gasteiger partial charge in [-0.3, -0.25) is 0 Å². The fourth-order valence-corrected chi connectivity index (χ4v) is 3.60. The molecule has 1 aliphatic heterocycles. The van der Waals surface area contributed by atoms with Crippen LogP contribution in [-0.4, -0.2) is 43.7 Å². The van der Waals surface area contributed by atoms with Crippen molar-refractivity contribution in [1.29, 1.82) is 0 Å². The summed E-state index contributed by atoms with van der Waals surface area (Å²) in [5.74, 6) is 2.87. The zero-order valence-electron chi connectivity index (χ0n) is 16.1. The van der Waals surface area contributed by atoms with E-state index in [0.29, 0.717) is 18.0 Å². The van der Waals surface area contributed by atoms with Gasteiger partial charge in [0.25, 0.3) is 0 Å². The second-order valence-electron chi connectivity index (χ2n) is 8.52. The van der Waals surface area contributed by atoms with Gasteiger partial charge in [-0.1, -0.05) is 26.7 Å². The molecule has 6 heteroatoms. The summed E-state index contributed by atoms with van der Waals surface area (Å²) in [5, 5.41) is 12.1. The van der Waals surface area contributed by atoms with E-state index in [9.17, 15) is 0 Å². The average Bonchev–Trinajstić information content (AvgIpc) is 3.13. The molecule has 134 valence electrons. The normalized spacial score (nSPS) is 23.4. The van der Waals surface area contributed by atoms with Crippen molar-refractivity contribution in [3.05, 3.63) is 11.6 Å². The standard InChI is InChI=1S/C18H32N6/c1-13-21-22-15(23(13)6)11-19-16(20-14-9-7-8-10-14)24-12-17(2,3)18(24,4)5/h14H,7-12H2,1-6H3,(H,19,20). The molecule has 0 amide bonds. The maximum absolute atomic E-state index is 4.92. The Kier molecular flexibility index (Phi) is 4.34. The summed E-state index contributed by atoms with van der Waals surface area (Å²) >= 11 is 0. The van der Waals surface area contributed by atoms with Crippen molar-refractivity contribution in [2.45, 2.75) is 78.4 Å². The van der Waals surface area contributed by atoms with Crippen LogP contribution in [0.4, 0.5) is 0 Å². The molecule has 1 aliphatic carbocycles. The van der Waals surface area contributed by atoms with Crippen molar-refractivity contribution in [1.82, 2.24) is 25.0 Å². The first kappa shape index (κ1) is 17.2. The lowest BCUT2D eigenvalue weighted by atomic mass is 9.65. The second kappa shape index (κ2) is 6.05. The van der Waals surface area contributed by atoms with Crippen molar-refractivity contribution in [3.63, 3.8) is 0 Å². The number of likely N-dealkylation sites (tertiary alicyclic amines) is 1. The molecule has 0 aromatic carbocycles. The first-order valence-electron chi connectivity index (χ1n) is 9.16. The van der Waals surface area contributed by atoms with Crippen LogP contribution in [0.1, 0.15) is 65.0 Å². The number of nitrogens with one attached hydrogen (secondary N) is 1. The van der Waals surface area contributed by atoms with Crippen LogP contribution in [0.15, 0.2) is 4.99 Å². The van der Waals surface area contributed by atoms with E-state index in [1.54, 1.807) is 0 Å². The van der Waals surface area contributed by atoms with E-state index in [-0.39, 0.29) is 5.54 Å². The SMILES string of the molecule is Cc1nnc(CN=C(NC2CCCC2)N2CC(C)(C)C2(C)C)n1C. The molecule has 0 spiro atoms. The summed E-state index contributed by atoms with van der Waals surface area (Å²) in [6.07, 6.45) is 5.14. The van der Waals surface area contributed by atoms with Gasteiger partial charge in [-0.15, -0.1) is 10.2 Å². The summed E-state index contributed by atoms with van der Waals surface area (Å²) in [6.45, 7) is 12.9. The van der Waals surface area contributed by atoms with Crippen molar-refractivity contribution in [2.75, 3.05) is 6.54 Å². The van der Waals surface area contributed by atoms with Gasteiger partial charge in [0.15, 0.2) is 11.8 Å². The molecule has 24 heavy (non-hydrogen) atoms. The van der Waals surface area contributed by atoms with Crippen molar-refractivity contribution >= 4 is 5.96 Å². The number of hydrogen-bond acceptors (Lipinski definition) is 3. The molecule has 0 atom stereocenters. The smallest absolute Gasteiger partial charge is 0.195 e. The largest absolute Gasteiger partial charge is 0.353 e. The predicted molar refractivity (Wildman–Crippen MR) is 96.8 cm³/mol. The highest BCUT2D eigenvalue weighted by atomic mass is 15.4. The maximum atomic E-state index is 4.92. The highest BCUT2D eigenvalue weighted by Crippen LogP contribution is 2.46. The van der Waals surface area contributed by atoms with Crippen LogP contribution in [0.5, 0.6) is 0 Å². The molecule has 1 N–H and O–H groups in total. The van der Waals surface area contributed by atoms with E-state index in [4.69, 9.17) is 4.99 Å². The molecule has 1 aromatic rings. The average molecular weight is 332 g/mol. The number of hydrogen-bond donors (Lipinski definition) is 1. The molecule has 1 saturated carbocycles. The third-order valence-corrected chi connectivity index (χ3v) is 6.38. The molecule has 2 aliphatic rings. The molecule has 1 saturated heterocycles. The molecule has 6 nitrogen and oxygen atoms in total. The summed E-state index contributed by atoms with van der Waals surface area (Å²) < 4.78 is 2.02. The quantitative estimate of drug-likeness (QED) is 0.683. The predicted octanol–water partition coefficient (Wildman–Crippen LogP) is 2.63. The lowest BCUT2D eigenvalue weighted by Gasteiger charge is -2.62. The third kappa shape index (κ3) is 2.91. The van der Waals surface area contributed by atoms with Crippen LogP contribution >= 0.6 is 0 Å². The Morgan fingerprint density at radius 2 is 1.88 bits per heavy atom. The van der Waals surface area contributed by atoms with Gasteiger partial charge < -0.3 is 14.8 Å². The summed E-state index contributed by atoms with van der Waals surface area (Å²) in [4.78, 5) is 7.35. The fourth-order valence-electron chi connectivity index (χ4n) is 3.60. The van der Waals surface area contributed by atoms with Gasteiger partial charge in [-0.05, 0) is 33.6 Å². The lowest BCUT2D eigenvalue weighted by molar-refractivity contribution is -0.0672. The Morgan fingerprint density at radius 3 is 2.38 bits per heavy atom. The zero-order chi connectivity index (χ0) is 17.5. The Balaban J connectivity index is 1.79. The highest BCUT2D eigenvalue weighted by molar-refractivity contribution is 5.82. The van der Waals surface area contributed by atoms with Gasteiger partial charge in [0, 0.05) is 30.6 Å². The minimum absolute atomic E-state index is 0.104. The molecule has 0 radical (unpaired) electrons. The minimum atomic E-state index is 0.104. The zero-order valence-corrected chi connectivity index (χ0v) is 16.1. The first-order chi connectivity index (χ1) is 11.2. The molecular weight excluding hydrogens is 300 g/mol. The number of nitrogens with zero attached hydrogens (tertiary/aromatic N) is 5. The Morgan fingerprint density at radius 1 is 1.21 bits per heavy atom. The molecular formula is C18H32N6. The van der Waals surface area contributed by atoms with Crippen LogP contribution in [0, 0.1) is 12.3 Å². The van der Waals surface area contributed by atoms with Crippen LogP contribution < -0.4 is 5.32 Å². The van der Waals surface area contributed by atoms with Crippen LogP contribution in [0.3, 0.4) is 0 Å². The van der Waals surface area contributed by atoms with E-state index in [0.717, 1.165) is 24.2 Å². The fraction of sp³-hybridized carbons (Fsp3) is 0.833. The van der Waals surface area contributed by atoms with Crippen molar-refractivity contribution < 1.29 is 0 Å². The Bertz CT molecular complexity index is 621. The van der Waals surface area contributed by atoms with Gasteiger partial charge in [0.2, 0.25) is 0 Å². The number of guanidine groups is 1. The topological polar surface area (TPSA) is 58.3 Å². The number of aliphatic imine (C=N–C) groups is 1. The monoisotopic (exact) mass is 332 g/mol. The number of rotatable bonds is 3. The lowest BCUT2D eigenvalue weighted by Crippen LogP contribution is -2.73. The van der Waals surface area contributed by atoms with E-state index < -0.39 is 0 Å². The number of aromatic nitrogens is 3. The summed E-state index contributed by atoms with van der Waals surface area (Å²) in [6, 6.07) is 0.560. The Hall–Kier alpha value is -1.59. The summed E-state index contributed by atoms with van der Waals surface area (Å²) in [7, 11) is 2.00. The molecule has 2 fully saturated rings. The molecule has 0 bridgehead atoms. The van der Waals surface area contributed by atoms with Crippen LogP contribution in [-0.2, 0) is 13.6 Å².